The van der Waals surface area contributed by atoms with Gasteiger partial charge < -0.3 is 5.73 Å². The van der Waals surface area contributed by atoms with Crippen molar-refractivity contribution in [3.8, 4) is 0 Å². The first-order valence-electron chi connectivity index (χ1n) is 5.40. The Balaban J connectivity index is 2.14. The van der Waals surface area contributed by atoms with Gasteiger partial charge in [0.2, 0.25) is 0 Å². The Labute approximate surface area is 115 Å². The molecule has 0 aliphatic rings. The fourth-order valence-corrected chi connectivity index (χ4v) is 2.58. The Morgan fingerprint density at radius 1 is 1.33 bits per heavy atom. The Hall–Kier alpha value is -1.33. The summed E-state index contributed by atoms with van der Waals surface area (Å²) in [6.45, 7) is 4.13. The van der Waals surface area contributed by atoms with E-state index in [0.717, 1.165) is 5.69 Å². The molecular formula is C12H13ClN4S. The van der Waals surface area contributed by atoms with Crippen molar-refractivity contribution in [3.05, 3.63) is 40.3 Å². The van der Waals surface area contributed by atoms with Gasteiger partial charge in [0.1, 0.15) is 11.0 Å². The third kappa shape index (κ3) is 3.11. The van der Waals surface area contributed by atoms with Crippen LogP contribution in [0.1, 0.15) is 16.8 Å². The lowest BCUT2D eigenvalue weighted by Gasteiger charge is -2.06. The number of nitrogen functional groups attached to an aromatic ring is 1. The quantitative estimate of drug-likeness (QED) is 0.532. The average molecular weight is 281 g/mol. The highest BCUT2D eigenvalue weighted by molar-refractivity contribution is 7.98. The summed E-state index contributed by atoms with van der Waals surface area (Å²) in [5.74, 6) is 1.08. The standard InChI is InChI=1S/C12H13ClN4S/c1-7-3-4-15-9(8(7)2)6-18-12-16-10(13)5-11(14)17-12/h3-5H,6H2,1-2H3,(H2,14,16,17). The minimum absolute atomic E-state index is 0.360. The minimum Gasteiger partial charge on any atom is -0.384 e. The molecule has 0 unspecified atom stereocenters. The van der Waals surface area contributed by atoms with Crippen LogP contribution in [0.25, 0.3) is 0 Å². The van der Waals surface area contributed by atoms with Gasteiger partial charge in [0.15, 0.2) is 5.16 Å². The normalized spacial score (nSPS) is 10.6. The van der Waals surface area contributed by atoms with Crippen molar-refractivity contribution in [2.24, 2.45) is 0 Å². The van der Waals surface area contributed by atoms with Gasteiger partial charge >= 0.3 is 0 Å². The molecule has 0 aliphatic heterocycles. The maximum Gasteiger partial charge on any atom is 0.191 e. The summed E-state index contributed by atoms with van der Waals surface area (Å²) in [4.78, 5) is 12.6. The Kier molecular flexibility index (Phi) is 4.04. The molecule has 0 fully saturated rings. The summed E-state index contributed by atoms with van der Waals surface area (Å²) in [7, 11) is 0. The van der Waals surface area contributed by atoms with Crippen molar-refractivity contribution in [2.75, 3.05) is 5.73 Å². The second-order valence-electron chi connectivity index (χ2n) is 3.89. The molecule has 0 bridgehead atoms. The van der Waals surface area contributed by atoms with Gasteiger partial charge in [-0.25, -0.2) is 9.97 Å². The van der Waals surface area contributed by atoms with Crippen LogP contribution in [0.2, 0.25) is 5.15 Å². The van der Waals surface area contributed by atoms with E-state index in [1.807, 2.05) is 12.3 Å². The molecule has 2 aromatic rings. The first kappa shape index (κ1) is 13.1. The molecule has 0 radical (unpaired) electrons. The largest absolute Gasteiger partial charge is 0.384 e. The van der Waals surface area contributed by atoms with E-state index >= 15 is 0 Å². The van der Waals surface area contributed by atoms with Crippen LogP contribution < -0.4 is 5.73 Å². The smallest absolute Gasteiger partial charge is 0.191 e. The van der Waals surface area contributed by atoms with E-state index in [2.05, 4.69) is 28.8 Å². The van der Waals surface area contributed by atoms with Crippen molar-refractivity contribution in [1.29, 1.82) is 0 Å². The molecule has 4 nitrogen and oxygen atoms in total. The van der Waals surface area contributed by atoms with Crippen molar-refractivity contribution in [2.45, 2.75) is 24.8 Å². The zero-order chi connectivity index (χ0) is 13.1. The summed E-state index contributed by atoms with van der Waals surface area (Å²) in [5.41, 5.74) is 9.07. The lowest BCUT2D eigenvalue weighted by Crippen LogP contribution is -1.97. The second-order valence-corrected chi connectivity index (χ2v) is 5.22. The molecule has 0 aromatic carbocycles. The molecule has 0 saturated carbocycles. The molecule has 94 valence electrons. The Morgan fingerprint density at radius 3 is 2.83 bits per heavy atom. The summed E-state index contributed by atoms with van der Waals surface area (Å²) in [6, 6.07) is 3.53. The van der Waals surface area contributed by atoms with E-state index in [0.29, 0.717) is 21.9 Å². The highest BCUT2D eigenvalue weighted by atomic mass is 35.5. The van der Waals surface area contributed by atoms with E-state index in [1.54, 1.807) is 0 Å². The zero-order valence-corrected chi connectivity index (χ0v) is 11.7. The summed E-state index contributed by atoms with van der Waals surface area (Å²) < 4.78 is 0. The number of pyridine rings is 1. The van der Waals surface area contributed by atoms with Crippen molar-refractivity contribution in [3.63, 3.8) is 0 Å². The van der Waals surface area contributed by atoms with E-state index in [4.69, 9.17) is 17.3 Å². The van der Waals surface area contributed by atoms with Crippen LogP contribution in [0.5, 0.6) is 0 Å². The first-order valence-corrected chi connectivity index (χ1v) is 6.76. The third-order valence-corrected chi connectivity index (χ3v) is 3.66. The number of nitrogens with zero attached hydrogens (tertiary/aromatic N) is 3. The number of thioether (sulfide) groups is 1. The van der Waals surface area contributed by atoms with Crippen LogP contribution in [0.15, 0.2) is 23.5 Å². The molecule has 0 saturated heterocycles. The number of aromatic nitrogens is 3. The molecular weight excluding hydrogens is 268 g/mol. The van der Waals surface area contributed by atoms with E-state index in [9.17, 15) is 0 Å². The van der Waals surface area contributed by atoms with Crippen LogP contribution in [0.4, 0.5) is 5.82 Å². The van der Waals surface area contributed by atoms with Gasteiger partial charge in [-0.1, -0.05) is 23.4 Å². The van der Waals surface area contributed by atoms with Crippen LogP contribution in [-0.2, 0) is 5.75 Å². The van der Waals surface area contributed by atoms with Gasteiger partial charge in [0, 0.05) is 18.0 Å². The van der Waals surface area contributed by atoms with E-state index in [-0.39, 0.29) is 0 Å². The van der Waals surface area contributed by atoms with E-state index in [1.165, 1.54) is 29.0 Å². The summed E-state index contributed by atoms with van der Waals surface area (Å²) in [5, 5.41) is 0.932. The Morgan fingerprint density at radius 2 is 2.11 bits per heavy atom. The van der Waals surface area contributed by atoms with Crippen LogP contribution >= 0.6 is 23.4 Å². The van der Waals surface area contributed by atoms with Crippen molar-refractivity contribution in [1.82, 2.24) is 15.0 Å². The molecule has 0 atom stereocenters. The van der Waals surface area contributed by atoms with Crippen LogP contribution in [0.3, 0.4) is 0 Å². The monoisotopic (exact) mass is 280 g/mol. The molecule has 2 rings (SSSR count). The van der Waals surface area contributed by atoms with Gasteiger partial charge in [-0.2, -0.15) is 0 Å². The lowest BCUT2D eigenvalue weighted by atomic mass is 10.1. The summed E-state index contributed by atoms with van der Waals surface area (Å²) in [6.07, 6.45) is 1.81. The Bertz CT molecular complexity index is 554. The van der Waals surface area contributed by atoms with Crippen molar-refractivity contribution < 1.29 is 0 Å². The molecule has 2 N–H and O–H groups in total. The average Bonchev–Trinajstić information content (AvgIpc) is 2.30. The van der Waals surface area contributed by atoms with Gasteiger partial charge in [-0.3, -0.25) is 4.98 Å². The second kappa shape index (κ2) is 5.54. The molecule has 2 aromatic heterocycles. The predicted octanol–water partition coefficient (Wildman–Crippen LogP) is 3.02. The number of anilines is 1. The van der Waals surface area contributed by atoms with Gasteiger partial charge in [0.05, 0.1) is 5.69 Å². The van der Waals surface area contributed by atoms with Crippen molar-refractivity contribution >= 4 is 29.2 Å². The van der Waals surface area contributed by atoms with Crippen LogP contribution in [0, 0.1) is 13.8 Å². The number of hydrogen-bond donors (Lipinski definition) is 1. The summed E-state index contributed by atoms with van der Waals surface area (Å²) >= 11 is 7.30. The molecule has 2 heterocycles. The molecule has 18 heavy (non-hydrogen) atoms. The zero-order valence-electron chi connectivity index (χ0n) is 10.1. The highest BCUT2D eigenvalue weighted by Crippen LogP contribution is 2.23. The molecule has 0 amide bonds. The molecule has 0 aliphatic carbocycles. The van der Waals surface area contributed by atoms with Crippen LogP contribution in [-0.4, -0.2) is 15.0 Å². The third-order valence-electron chi connectivity index (χ3n) is 2.61. The fourth-order valence-electron chi connectivity index (χ4n) is 1.44. The predicted molar refractivity (Wildman–Crippen MR) is 74.7 cm³/mol. The van der Waals surface area contributed by atoms with Gasteiger partial charge in [-0.05, 0) is 31.0 Å². The van der Waals surface area contributed by atoms with Gasteiger partial charge in [0.25, 0.3) is 0 Å². The van der Waals surface area contributed by atoms with E-state index < -0.39 is 0 Å². The lowest BCUT2D eigenvalue weighted by molar-refractivity contribution is 0.972. The highest BCUT2D eigenvalue weighted by Gasteiger charge is 2.06. The minimum atomic E-state index is 0.360. The number of halogens is 1. The maximum absolute atomic E-state index is 5.83. The topological polar surface area (TPSA) is 64.7 Å². The number of hydrogen-bond acceptors (Lipinski definition) is 5. The number of nitrogens with two attached hydrogens (primary N) is 1. The molecule has 0 spiro atoms. The first-order chi connectivity index (χ1) is 8.56. The SMILES string of the molecule is Cc1ccnc(CSc2nc(N)cc(Cl)n2)c1C. The maximum atomic E-state index is 5.83. The fraction of sp³-hybridized carbons (Fsp3) is 0.250. The number of rotatable bonds is 3. The number of aryl methyl sites for hydroxylation is 1. The van der Waals surface area contributed by atoms with Gasteiger partial charge in [-0.15, -0.1) is 0 Å². The molecule has 6 heteroatoms.